The van der Waals surface area contributed by atoms with Gasteiger partial charge >= 0.3 is 5.97 Å². The number of aromatic nitrogens is 2. The highest BCUT2D eigenvalue weighted by atomic mass is 79.9. The average Bonchev–Trinajstić information content (AvgIpc) is 2.80. The van der Waals surface area contributed by atoms with Crippen molar-refractivity contribution in [3.05, 3.63) is 46.2 Å². The van der Waals surface area contributed by atoms with Crippen LogP contribution in [0.4, 0.5) is 0 Å². The monoisotopic (exact) mass is 319 g/mol. The summed E-state index contributed by atoms with van der Waals surface area (Å²) in [5.41, 5.74) is 1.56. The SMILES string of the molecule is CCOC(=O)c1ccc(-n2cc(Br)c(C#N)n2)cc1. The van der Waals surface area contributed by atoms with Gasteiger partial charge in [0.15, 0.2) is 5.69 Å². The number of carbonyl (C=O) groups is 1. The Labute approximate surface area is 118 Å². The number of ether oxygens (including phenoxy) is 1. The zero-order chi connectivity index (χ0) is 13.8. The van der Waals surface area contributed by atoms with Crippen LogP contribution in [0.1, 0.15) is 23.0 Å². The van der Waals surface area contributed by atoms with Crippen LogP contribution in [0, 0.1) is 11.3 Å². The molecule has 19 heavy (non-hydrogen) atoms. The molecule has 0 amide bonds. The summed E-state index contributed by atoms with van der Waals surface area (Å²) in [5.74, 6) is -0.353. The Balaban J connectivity index is 2.27. The van der Waals surface area contributed by atoms with E-state index in [1.54, 1.807) is 42.1 Å². The molecule has 5 nitrogen and oxygen atoms in total. The first kappa shape index (κ1) is 13.3. The Bertz CT molecular complexity index is 641. The van der Waals surface area contributed by atoms with Crippen LogP contribution in [0.15, 0.2) is 34.9 Å². The molecule has 2 aromatic rings. The van der Waals surface area contributed by atoms with Crippen molar-refractivity contribution in [3.63, 3.8) is 0 Å². The summed E-state index contributed by atoms with van der Waals surface area (Å²) in [6, 6.07) is 8.79. The van der Waals surface area contributed by atoms with Gasteiger partial charge in [-0.2, -0.15) is 10.4 Å². The maximum atomic E-state index is 11.5. The third kappa shape index (κ3) is 2.83. The van der Waals surface area contributed by atoms with Gasteiger partial charge in [0, 0.05) is 6.20 Å². The molecule has 0 spiro atoms. The molecule has 0 unspecified atom stereocenters. The number of hydrogen-bond donors (Lipinski definition) is 0. The molecule has 2 rings (SSSR count). The van der Waals surface area contributed by atoms with Crippen molar-refractivity contribution in [1.29, 1.82) is 5.26 Å². The van der Waals surface area contributed by atoms with Crippen LogP contribution in [-0.4, -0.2) is 22.4 Å². The van der Waals surface area contributed by atoms with Crippen molar-refractivity contribution in [2.24, 2.45) is 0 Å². The predicted molar refractivity (Wildman–Crippen MR) is 71.9 cm³/mol. The van der Waals surface area contributed by atoms with E-state index in [0.717, 1.165) is 5.69 Å². The Kier molecular flexibility index (Phi) is 3.97. The van der Waals surface area contributed by atoms with Crippen LogP contribution in [0.5, 0.6) is 0 Å². The molecule has 1 heterocycles. The maximum absolute atomic E-state index is 11.5. The average molecular weight is 320 g/mol. The smallest absolute Gasteiger partial charge is 0.338 e. The number of rotatable bonds is 3. The molecule has 0 atom stereocenters. The Morgan fingerprint density at radius 3 is 2.68 bits per heavy atom. The first-order valence-electron chi connectivity index (χ1n) is 5.58. The summed E-state index contributed by atoms with van der Waals surface area (Å²) in [6.07, 6.45) is 1.69. The van der Waals surface area contributed by atoms with Gasteiger partial charge in [0.2, 0.25) is 0 Å². The Morgan fingerprint density at radius 2 is 2.16 bits per heavy atom. The van der Waals surface area contributed by atoms with Gasteiger partial charge in [0.25, 0.3) is 0 Å². The number of nitriles is 1. The highest BCUT2D eigenvalue weighted by Gasteiger charge is 2.09. The summed E-state index contributed by atoms with van der Waals surface area (Å²) in [6.45, 7) is 2.11. The molecule has 1 aromatic heterocycles. The van der Waals surface area contributed by atoms with Gasteiger partial charge < -0.3 is 4.74 Å². The van der Waals surface area contributed by atoms with E-state index in [0.29, 0.717) is 22.3 Å². The second kappa shape index (κ2) is 5.67. The lowest BCUT2D eigenvalue weighted by atomic mass is 10.2. The molecule has 6 heteroatoms. The molecular weight excluding hydrogens is 310 g/mol. The summed E-state index contributed by atoms with van der Waals surface area (Å²) in [5, 5.41) is 12.9. The third-order valence-electron chi connectivity index (χ3n) is 2.42. The van der Waals surface area contributed by atoms with Crippen LogP contribution < -0.4 is 0 Å². The lowest BCUT2D eigenvalue weighted by Crippen LogP contribution is -2.04. The second-order valence-corrected chi connectivity index (χ2v) is 4.50. The van der Waals surface area contributed by atoms with Crippen molar-refractivity contribution in [3.8, 4) is 11.8 Å². The zero-order valence-corrected chi connectivity index (χ0v) is 11.7. The van der Waals surface area contributed by atoms with Gasteiger partial charge in [-0.3, -0.25) is 0 Å². The maximum Gasteiger partial charge on any atom is 0.338 e. The van der Waals surface area contributed by atoms with E-state index in [9.17, 15) is 4.79 Å². The minimum Gasteiger partial charge on any atom is -0.462 e. The Morgan fingerprint density at radius 1 is 1.47 bits per heavy atom. The molecule has 0 aliphatic carbocycles. The number of nitrogens with zero attached hydrogens (tertiary/aromatic N) is 3. The minimum atomic E-state index is -0.353. The van der Waals surface area contributed by atoms with E-state index in [1.807, 2.05) is 6.07 Å². The molecule has 0 aliphatic heterocycles. The van der Waals surface area contributed by atoms with E-state index in [4.69, 9.17) is 10.00 Å². The van der Waals surface area contributed by atoms with Crippen LogP contribution in [-0.2, 0) is 4.74 Å². The first-order valence-corrected chi connectivity index (χ1v) is 6.38. The van der Waals surface area contributed by atoms with E-state index in [1.165, 1.54) is 0 Å². The van der Waals surface area contributed by atoms with Crippen molar-refractivity contribution >= 4 is 21.9 Å². The fourth-order valence-corrected chi connectivity index (χ4v) is 1.89. The normalized spacial score (nSPS) is 9.95. The summed E-state index contributed by atoms with van der Waals surface area (Å²) in [7, 11) is 0. The fraction of sp³-hybridized carbons (Fsp3) is 0.154. The molecule has 0 radical (unpaired) electrons. The van der Waals surface area contributed by atoms with Gasteiger partial charge in [0.05, 0.1) is 22.3 Å². The van der Waals surface area contributed by atoms with E-state index in [-0.39, 0.29) is 5.97 Å². The van der Waals surface area contributed by atoms with Gasteiger partial charge in [-0.1, -0.05) is 0 Å². The van der Waals surface area contributed by atoms with Gasteiger partial charge in [-0.05, 0) is 47.1 Å². The number of benzene rings is 1. The summed E-state index contributed by atoms with van der Waals surface area (Å²) >= 11 is 3.25. The second-order valence-electron chi connectivity index (χ2n) is 3.65. The van der Waals surface area contributed by atoms with Crippen molar-refractivity contribution in [1.82, 2.24) is 9.78 Å². The molecule has 0 bridgehead atoms. The highest BCUT2D eigenvalue weighted by molar-refractivity contribution is 9.10. The van der Waals surface area contributed by atoms with Gasteiger partial charge in [-0.15, -0.1) is 0 Å². The third-order valence-corrected chi connectivity index (χ3v) is 3.00. The van der Waals surface area contributed by atoms with Crippen LogP contribution in [0.25, 0.3) is 5.69 Å². The minimum absolute atomic E-state index is 0.314. The van der Waals surface area contributed by atoms with Crippen LogP contribution >= 0.6 is 15.9 Å². The standard InChI is InChI=1S/C13H10BrN3O2/c1-2-19-13(18)9-3-5-10(6-4-9)17-8-11(14)12(7-15)16-17/h3-6,8H,2H2,1H3. The predicted octanol–water partition coefficient (Wildman–Crippen LogP) is 2.68. The summed E-state index contributed by atoms with van der Waals surface area (Å²) in [4.78, 5) is 11.5. The lowest BCUT2D eigenvalue weighted by molar-refractivity contribution is 0.0526. The number of hydrogen-bond acceptors (Lipinski definition) is 4. The zero-order valence-electron chi connectivity index (χ0n) is 10.1. The summed E-state index contributed by atoms with van der Waals surface area (Å²) < 4.78 is 7.10. The van der Waals surface area contributed by atoms with Crippen LogP contribution in [0.2, 0.25) is 0 Å². The molecule has 96 valence electrons. The van der Waals surface area contributed by atoms with E-state index in [2.05, 4.69) is 21.0 Å². The van der Waals surface area contributed by atoms with Crippen molar-refractivity contribution in [2.45, 2.75) is 6.92 Å². The van der Waals surface area contributed by atoms with Crippen molar-refractivity contribution < 1.29 is 9.53 Å². The molecule has 1 aromatic carbocycles. The molecule has 0 saturated carbocycles. The number of carbonyl (C=O) groups excluding carboxylic acids is 1. The van der Waals surface area contributed by atoms with Crippen molar-refractivity contribution in [2.75, 3.05) is 6.61 Å². The molecular formula is C13H10BrN3O2. The van der Waals surface area contributed by atoms with Crippen LogP contribution in [0.3, 0.4) is 0 Å². The lowest BCUT2D eigenvalue weighted by Gasteiger charge is -2.03. The molecule has 0 N–H and O–H groups in total. The van der Waals surface area contributed by atoms with E-state index < -0.39 is 0 Å². The highest BCUT2D eigenvalue weighted by Crippen LogP contribution is 2.17. The molecule has 0 aliphatic rings. The molecule has 0 fully saturated rings. The van der Waals surface area contributed by atoms with E-state index >= 15 is 0 Å². The molecule has 0 saturated heterocycles. The van der Waals surface area contributed by atoms with Gasteiger partial charge in [-0.25, -0.2) is 9.48 Å². The quantitative estimate of drug-likeness (QED) is 0.816. The van der Waals surface area contributed by atoms with Gasteiger partial charge in [0.1, 0.15) is 6.07 Å². The topological polar surface area (TPSA) is 67.9 Å². The number of halogens is 1. The fourth-order valence-electron chi connectivity index (χ4n) is 1.53. The first-order chi connectivity index (χ1) is 9.15. The largest absolute Gasteiger partial charge is 0.462 e. The number of esters is 1. The Hall–Kier alpha value is -2.13.